The molecule has 170 valence electrons. The van der Waals surface area contributed by atoms with E-state index in [4.69, 9.17) is 14.5 Å². The van der Waals surface area contributed by atoms with Crippen LogP contribution in [0, 0.1) is 0 Å². The van der Waals surface area contributed by atoms with Gasteiger partial charge >= 0.3 is 0 Å². The fourth-order valence-corrected chi connectivity index (χ4v) is 5.73. The van der Waals surface area contributed by atoms with Crippen molar-refractivity contribution in [3.63, 3.8) is 0 Å². The number of benzene rings is 2. The third-order valence-corrected chi connectivity index (χ3v) is 7.50. The van der Waals surface area contributed by atoms with Crippen LogP contribution in [0.5, 0.6) is 11.5 Å². The summed E-state index contributed by atoms with van der Waals surface area (Å²) in [5, 5.41) is 3.78. The second-order valence-electron chi connectivity index (χ2n) is 7.87. The van der Waals surface area contributed by atoms with Crippen molar-refractivity contribution < 1.29 is 14.3 Å². The van der Waals surface area contributed by atoms with Gasteiger partial charge in [0, 0.05) is 23.4 Å². The first-order chi connectivity index (χ1) is 16.1. The number of rotatable bonds is 6. The minimum Gasteiger partial charge on any atom is -0.486 e. The number of ether oxygens (including phenoxy) is 2. The maximum atomic E-state index is 13.3. The fourth-order valence-electron chi connectivity index (χ4n) is 3.80. The summed E-state index contributed by atoms with van der Waals surface area (Å²) < 4.78 is 12.8. The molecule has 0 unspecified atom stereocenters. The second-order valence-corrected chi connectivity index (χ2v) is 10.3. The van der Waals surface area contributed by atoms with Crippen LogP contribution < -0.4 is 20.3 Å². The lowest BCUT2D eigenvalue weighted by Gasteiger charge is -2.19. The van der Waals surface area contributed by atoms with Crippen LogP contribution in [0.15, 0.2) is 63.4 Å². The zero-order valence-corrected chi connectivity index (χ0v) is 19.7. The van der Waals surface area contributed by atoms with Gasteiger partial charge in [0.25, 0.3) is 5.56 Å². The zero-order chi connectivity index (χ0) is 22.8. The van der Waals surface area contributed by atoms with E-state index in [1.165, 1.54) is 11.8 Å². The Morgan fingerprint density at radius 3 is 2.79 bits per heavy atom. The zero-order valence-electron chi connectivity index (χ0n) is 18.1. The summed E-state index contributed by atoms with van der Waals surface area (Å²) in [6, 6.07) is 15.1. The molecule has 33 heavy (non-hydrogen) atoms. The number of nitrogens with zero attached hydrogens (tertiary/aromatic N) is 2. The summed E-state index contributed by atoms with van der Waals surface area (Å²) in [7, 11) is 0. The maximum Gasteiger partial charge on any atom is 0.268 e. The van der Waals surface area contributed by atoms with Crippen molar-refractivity contribution in [1.29, 1.82) is 0 Å². The Morgan fingerprint density at radius 2 is 1.97 bits per heavy atom. The Bertz CT molecular complexity index is 1250. The Hall–Kier alpha value is -2.91. The van der Waals surface area contributed by atoms with Crippen molar-refractivity contribution in [1.82, 2.24) is 9.55 Å². The average Bonchev–Trinajstić information content (AvgIpc) is 3.21. The molecule has 1 aromatic heterocycles. The number of hydrogen-bond acceptors (Lipinski definition) is 7. The number of amides is 1. The van der Waals surface area contributed by atoms with Crippen LogP contribution in [0.1, 0.15) is 18.2 Å². The van der Waals surface area contributed by atoms with Gasteiger partial charge in [-0.3, -0.25) is 14.2 Å². The van der Waals surface area contributed by atoms with Gasteiger partial charge < -0.3 is 14.8 Å². The van der Waals surface area contributed by atoms with Crippen LogP contribution in [0.25, 0.3) is 0 Å². The van der Waals surface area contributed by atoms with Crippen molar-refractivity contribution in [2.75, 3.05) is 24.3 Å². The first-order valence-electron chi connectivity index (χ1n) is 10.7. The van der Waals surface area contributed by atoms with Gasteiger partial charge in [-0.2, -0.15) is 0 Å². The normalized spacial score (nSPS) is 16.3. The molecule has 0 fully saturated rings. The molecule has 0 spiro atoms. The first kappa shape index (κ1) is 21.9. The molecule has 0 saturated carbocycles. The third-order valence-electron chi connectivity index (χ3n) is 5.30. The minimum atomic E-state index is -0.180. The van der Waals surface area contributed by atoms with Crippen LogP contribution in [0.4, 0.5) is 5.69 Å². The standard InChI is InChI=1S/C24H23N3O4S2/c1-15-11-18-22(33-15)23(29)27(13-16-5-3-2-4-6-16)24(26-18)32-14-21(28)25-17-7-8-19-20(12-17)31-10-9-30-19/h2-8,12,15H,9-11,13-14H2,1H3,(H,25,28)/t15-/m0/s1. The van der Waals surface area contributed by atoms with E-state index >= 15 is 0 Å². The lowest BCUT2D eigenvalue weighted by atomic mass is 10.2. The quantitative estimate of drug-likeness (QED) is 0.423. The van der Waals surface area contributed by atoms with E-state index in [1.807, 2.05) is 30.3 Å². The summed E-state index contributed by atoms with van der Waals surface area (Å²) >= 11 is 2.86. The van der Waals surface area contributed by atoms with Gasteiger partial charge in [-0.25, -0.2) is 4.98 Å². The predicted octanol–water partition coefficient (Wildman–Crippen LogP) is 3.83. The predicted molar refractivity (Wildman–Crippen MR) is 130 cm³/mol. The highest BCUT2D eigenvalue weighted by molar-refractivity contribution is 8.00. The Morgan fingerprint density at radius 1 is 1.18 bits per heavy atom. The van der Waals surface area contributed by atoms with Gasteiger partial charge in [0.15, 0.2) is 16.7 Å². The number of nitrogens with one attached hydrogen (secondary N) is 1. The first-order valence-corrected chi connectivity index (χ1v) is 12.6. The molecule has 1 N–H and O–H groups in total. The van der Waals surface area contributed by atoms with Crippen molar-refractivity contribution in [3.8, 4) is 11.5 Å². The summed E-state index contributed by atoms with van der Waals surface area (Å²) in [6.45, 7) is 3.52. The van der Waals surface area contributed by atoms with Crippen LogP contribution in [0.2, 0.25) is 0 Å². The van der Waals surface area contributed by atoms with Crippen LogP contribution >= 0.6 is 23.5 Å². The van der Waals surface area contributed by atoms with Crippen LogP contribution in [0.3, 0.4) is 0 Å². The van der Waals surface area contributed by atoms with E-state index in [-0.39, 0.29) is 17.2 Å². The molecule has 2 aromatic carbocycles. The van der Waals surface area contributed by atoms with Gasteiger partial charge in [0.05, 0.1) is 22.9 Å². The second kappa shape index (κ2) is 9.52. The molecule has 1 amide bonds. The fraction of sp³-hybridized carbons (Fsp3) is 0.292. The maximum absolute atomic E-state index is 13.3. The van der Waals surface area contributed by atoms with E-state index < -0.39 is 0 Å². The Kier molecular flexibility index (Phi) is 6.32. The summed E-state index contributed by atoms with van der Waals surface area (Å²) in [5.74, 6) is 1.25. The van der Waals surface area contributed by atoms with Crippen molar-refractivity contribution in [3.05, 3.63) is 70.1 Å². The lowest BCUT2D eigenvalue weighted by Crippen LogP contribution is -2.26. The van der Waals surface area contributed by atoms with Gasteiger partial charge in [0.1, 0.15) is 13.2 Å². The number of thioether (sulfide) groups is 2. The molecule has 2 aliphatic heterocycles. The van der Waals surface area contributed by atoms with Crippen molar-refractivity contribution in [2.45, 2.75) is 35.2 Å². The molecule has 0 saturated heterocycles. The SMILES string of the molecule is C[C@H]1Cc2nc(SCC(=O)Nc3ccc4c(c3)OCCO4)n(Cc3ccccc3)c(=O)c2S1. The molecule has 3 aromatic rings. The molecule has 3 heterocycles. The topological polar surface area (TPSA) is 82.4 Å². The number of carbonyl (C=O) groups excluding carboxylic acids is 1. The van der Waals surface area contributed by atoms with Crippen molar-refractivity contribution in [2.24, 2.45) is 0 Å². The molecule has 2 aliphatic rings. The number of carbonyl (C=O) groups is 1. The third kappa shape index (κ3) is 4.89. The number of anilines is 1. The lowest BCUT2D eigenvalue weighted by molar-refractivity contribution is -0.113. The summed E-state index contributed by atoms with van der Waals surface area (Å²) in [6.07, 6.45) is 0.762. The van der Waals surface area contributed by atoms with Gasteiger partial charge in [0.2, 0.25) is 5.91 Å². The highest BCUT2D eigenvalue weighted by Crippen LogP contribution is 2.35. The Balaban J connectivity index is 1.34. The number of aromatic nitrogens is 2. The molecule has 0 aliphatic carbocycles. The monoisotopic (exact) mass is 481 g/mol. The molecule has 7 nitrogen and oxygen atoms in total. The van der Waals surface area contributed by atoms with Gasteiger partial charge in [-0.05, 0) is 17.7 Å². The molecule has 0 radical (unpaired) electrons. The molecule has 0 bridgehead atoms. The highest BCUT2D eigenvalue weighted by Gasteiger charge is 2.26. The van der Waals surface area contributed by atoms with E-state index in [1.54, 1.807) is 34.5 Å². The van der Waals surface area contributed by atoms with E-state index in [2.05, 4.69) is 12.2 Å². The van der Waals surface area contributed by atoms with E-state index in [9.17, 15) is 9.59 Å². The average molecular weight is 482 g/mol. The van der Waals surface area contributed by atoms with Crippen LogP contribution in [-0.2, 0) is 17.8 Å². The van der Waals surface area contributed by atoms with Gasteiger partial charge in [-0.15, -0.1) is 11.8 Å². The van der Waals surface area contributed by atoms with E-state index in [0.29, 0.717) is 47.4 Å². The van der Waals surface area contributed by atoms with Crippen molar-refractivity contribution >= 4 is 35.1 Å². The Labute approximate surface area is 199 Å². The smallest absolute Gasteiger partial charge is 0.268 e. The molecule has 9 heteroatoms. The highest BCUT2D eigenvalue weighted by atomic mass is 32.2. The van der Waals surface area contributed by atoms with Gasteiger partial charge in [-0.1, -0.05) is 49.0 Å². The molecular formula is C24H23N3O4S2. The number of fused-ring (bicyclic) bond motifs is 2. The number of hydrogen-bond donors (Lipinski definition) is 1. The van der Waals surface area contributed by atoms with E-state index in [0.717, 1.165) is 22.6 Å². The minimum absolute atomic E-state index is 0.0343. The summed E-state index contributed by atoms with van der Waals surface area (Å²) in [5.41, 5.74) is 2.45. The molecular weight excluding hydrogens is 458 g/mol. The molecule has 1 atom stereocenters. The summed E-state index contributed by atoms with van der Waals surface area (Å²) in [4.78, 5) is 31.4. The van der Waals surface area contributed by atoms with Crippen LogP contribution in [-0.4, -0.2) is 39.7 Å². The molecule has 5 rings (SSSR count). The largest absolute Gasteiger partial charge is 0.486 e.